The van der Waals surface area contributed by atoms with Crippen molar-refractivity contribution < 1.29 is 4.79 Å². The Bertz CT molecular complexity index is 314. The zero-order valence-corrected chi connectivity index (χ0v) is 10.3. The molecular weight excluding hydrogens is 264 g/mol. The first-order valence-electron chi connectivity index (χ1n) is 4.36. The fourth-order valence-electron chi connectivity index (χ4n) is 1.12. The number of carbonyl (C=O) groups is 1. The third-order valence-corrected chi connectivity index (χ3v) is 3.91. The van der Waals surface area contributed by atoms with Gasteiger partial charge in [0.15, 0.2) is 0 Å². The van der Waals surface area contributed by atoms with E-state index in [0.717, 1.165) is 4.47 Å². The highest BCUT2D eigenvalue weighted by Crippen LogP contribution is 2.28. The highest BCUT2D eigenvalue weighted by molar-refractivity contribution is 9.10. The molecule has 1 rings (SSSR count). The highest BCUT2D eigenvalue weighted by Gasteiger charge is 2.09. The molecule has 1 aromatic rings. The second kappa shape index (κ2) is 5.48. The van der Waals surface area contributed by atoms with Crippen molar-refractivity contribution in [3.63, 3.8) is 0 Å². The Balaban J connectivity index is 2.39. The molecule has 1 amide bonds. The zero-order valence-electron chi connectivity index (χ0n) is 7.92. The lowest BCUT2D eigenvalue weighted by molar-refractivity contribution is -0.117. The monoisotopic (exact) mass is 276 g/mol. The maximum absolute atomic E-state index is 10.5. The number of nitrogens with one attached hydrogen (secondary N) is 1. The van der Waals surface area contributed by atoms with E-state index in [9.17, 15) is 4.79 Å². The Morgan fingerprint density at radius 1 is 1.79 bits per heavy atom. The lowest BCUT2D eigenvalue weighted by Crippen LogP contribution is -2.24. The average Bonchev–Trinajstić information content (AvgIpc) is 2.50. The third-order valence-electron chi connectivity index (χ3n) is 1.86. The van der Waals surface area contributed by atoms with Crippen molar-refractivity contribution in [3.8, 4) is 0 Å². The minimum Gasteiger partial charge on any atom is -0.370 e. The smallest absolute Gasteiger partial charge is 0.218 e. The number of amides is 1. The van der Waals surface area contributed by atoms with E-state index in [4.69, 9.17) is 5.73 Å². The molecule has 0 aliphatic rings. The fraction of sp³-hybridized carbons (Fsp3) is 0.444. The van der Waals surface area contributed by atoms with Crippen molar-refractivity contribution >= 4 is 33.2 Å². The summed E-state index contributed by atoms with van der Waals surface area (Å²) in [7, 11) is 0. The van der Waals surface area contributed by atoms with Crippen molar-refractivity contribution in [1.29, 1.82) is 0 Å². The minimum atomic E-state index is -0.269. The summed E-state index contributed by atoms with van der Waals surface area (Å²) in [4.78, 5) is 11.8. The summed E-state index contributed by atoms with van der Waals surface area (Å²) in [5.74, 6) is -0.269. The van der Waals surface area contributed by atoms with Gasteiger partial charge in [-0.15, -0.1) is 11.3 Å². The number of halogens is 1. The molecule has 0 aliphatic carbocycles. The zero-order chi connectivity index (χ0) is 10.6. The van der Waals surface area contributed by atoms with E-state index in [1.807, 2.05) is 11.4 Å². The Morgan fingerprint density at radius 2 is 2.50 bits per heavy atom. The SMILES string of the molecule is CC(NCCC(N)=O)c1sccc1Br. The summed E-state index contributed by atoms with van der Waals surface area (Å²) >= 11 is 5.16. The lowest BCUT2D eigenvalue weighted by Gasteiger charge is -2.11. The number of thiophene rings is 1. The summed E-state index contributed by atoms with van der Waals surface area (Å²) in [6, 6.07) is 2.27. The maximum Gasteiger partial charge on any atom is 0.218 e. The standard InChI is InChI=1S/C9H13BrN2OS/c1-6(12-4-2-8(11)13)9-7(10)3-5-14-9/h3,5-6,12H,2,4H2,1H3,(H2,11,13). The Morgan fingerprint density at radius 3 is 3.00 bits per heavy atom. The molecule has 0 spiro atoms. The van der Waals surface area contributed by atoms with E-state index in [2.05, 4.69) is 28.2 Å². The molecule has 0 bridgehead atoms. The largest absolute Gasteiger partial charge is 0.370 e. The van der Waals surface area contributed by atoms with Crippen LogP contribution in [-0.2, 0) is 4.79 Å². The highest BCUT2D eigenvalue weighted by atomic mass is 79.9. The summed E-state index contributed by atoms with van der Waals surface area (Å²) in [6.45, 7) is 2.69. The third kappa shape index (κ3) is 3.40. The summed E-state index contributed by atoms with van der Waals surface area (Å²) in [5.41, 5.74) is 5.04. The molecule has 0 saturated carbocycles. The molecule has 3 nitrogen and oxygen atoms in total. The quantitative estimate of drug-likeness (QED) is 0.865. The van der Waals surface area contributed by atoms with E-state index < -0.39 is 0 Å². The number of carbonyl (C=O) groups excluding carboxylic acids is 1. The van der Waals surface area contributed by atoms with Gasteiger partial charge in [0.05, 0.1) is 0 Å². The summed E-state index contributed by atoms with van der Waals surface area (Å²) < 4.78 is 1.11. The first kappa shape index (κ1) is 11.7. The Labute approximate surface area is 95.8 Å². The van der Waals surface area contributed by atoms with Crippen LogP contribution in [-0.4, -0.2) is 12.5 Å². The Hall–Kier alpha value is -0.390. The first-order chi connectivity index (χ1) is 6.61. The molecule has 3 N–H and O–H groups in total. The van der Waals surface area contributed by atoms with Gasteiger partial charge in [-0.3, -0.25) is 4.79 Å². The van der Waals surface area contributed by atoms with E-state index in [1.54, 1.807) is 11.3 Å². The van der Waals surface area contributed by atoms with Gasteiger partial charge in [-0.1, -0.05) is 0 Å². The minimum absolute atomic E-state index is 0.253. The first-order valence-corrected chi connectivity index (χ1v) is 6.03. The van der Waals surface area contributed by atoms with Gasteiger partial charge in [-0.2, -0.15) is 0 Å². The van der Waals surface area contributed by atoms with Crippen LogP contribution in [0.25, 0.3) is 0 Å². The van der Waals surface area contributed by atoms with E-state index >= 15 is 0 Å². The van der Waals surface area contributed by atoms with Gasteiger partial charge in [-0.05, 0) is 34.3 Å². The van der Waals surface area contributed by atoms with Crippen molar-refractivity contribution in [2.75, 3.05) is 6.54 Å². The van der Waals surface area contributed by atoms with E-state index in [0.29, 0.717) is 13.0 Å². The predicted molar refractivity (Wildman–Crippen MR) is 62.2 cm³/mol. The van der Waals surface area contributed by atoms with Crippen LogP contribution in [0.1, 0.15) is 24.3 Å². The maximum atomic E-state index is 10.5. The van der Waals surface area contributed by atoms with Gasteiger partial charge >= 0.3 is 0 Å². The van der Waals surface area contributed by atoms with Crippen molar-refractivity contribution in [2.45, 2.75) is 19.4 Å². The number of primary amides is 1. The summed E-state index contributed by atoms with van der Waals surface area (Å²) in [6.07, 6.45) is 0.382. The van der Waals surface area contributed by atoms with Gasteiger partial charge in [0.2, 0.25) is 5.91 Å². The van der Waals surface area contributed by atoms with Crippen LogP contribution < -0.4 is 11.1 Å². The average molecular weight is 277 g/mol. The molecular formula is C9H13BrN2OS. The van der Waals surface area contributed by atoms with Crippen molar-refractivity contribution in [2.24, 2.45) is 5.73 Å². The van der Waals surface area contributed by atoms with Crippen LogP contribution in [0.2, 0.25) is 0 Å². The van der Waals surface area contributed by atoms with Crippen LogP contribution >= 0.6 is 27.3 Å². The molecule has 0 saturated heterocycles. The molecule has 0 fully saturated rings. The van der Waals surface area contributed by atoms with Gasteiger partial charge in [0, 0.05) is 28.4 Å². The van der Waals surface area contributed by atoms with Gasteiger partial charge in [0.25, 0.3) is 0 Å². The fourth-order valence-corrected chi connectivity index (χ4v) is 2.87. The topological polar surface area (TPSA) is 55.1 Å². The molecule has 0 aromatic carbocycles. The molecule has 1 aromatic heterocycles. The van der Waals surface area contributed by atoms with Crippen LogP contribution in [0.15, 0.2) is 15.9 Å². The number of hydrogen-bond acceptors (Lipinski definition) is 3. The Kier molecular flexibility index (Phi) is 4.57. The van der Waals surface area contributed by atoms with Gasteiger partial charge < -0.3 is 11.1 Å². The second-order valence-electron chi connectivity index (χ2n) is 3.02. The molecule has 1 unspecified atom stereocenters. The van der Waals surface area contributed by atoms with Gasteiger partial charge in [0.1, 0.15) is 0 Å². The van der Waals surface area contributed by atoms with Gasteiger partial charge in [-0.25, -0.2) is 0 Å². The van der Waals surface area contributed by atoms with Crippen molar-refractivity contribution in [1.82, 2.24) is 5.32 Å². The second-order valence-corrected chi connectivity index (χ2v) is 4.83. The van der Waals surface area contributed by atoms with E-state index in [1.165, 1.54) is 4.88 Å². The molecule has 14 heavy (non-hydrogen) atoms. The summed E-state index contributed by atoms with van der Waals surface area (Å²) in [5, 5.41) is 5.27. The number of hydrogen-bond donors (Lipinski definition) is 2. The lowest BCUT2D eigenvalue weighted by atomic mass is 10.2. The van der Waals surface area contributed by atoms with Crippen LogP contribution in [0.4, 0.5) is 0 Å². The molecule has 5 heteroatoms. The van der Waals surface area contributed by atoms with Crippen LogP contribution in [0, 0.1) is 0 Å². The molecule has 1 heterocycles. The molecule has 0 radical (unpaired) electrons. The molecule has 1 atom stereocenters. The van der Waals surface area contributed by atoms with Crippen LogP contribution in [0.5, 0.6) is 0 Å². The normalized spacial score (nSPS) is 12.7. The predicted octanol–water partition coefficient (Wildman–Crippen LogP) is 2.04. The number of rotatable bonds is 5. The molecule has 78 valence electrons. The number of nitrogens with two attached hydrogens (primary N) is 1. The molecule has 0 aliphatic heterocycles. The van der Waals surface area contributed by atoms with E-state index in [-0.39, 0.29) is 11.9 Å². The van der Waals surface area contributed by atoms with Crippen molar-refractivity contribution in [3.05, 3.63) is 20.8 Å². The van der Waals surface area contributed by atoms with Crippen LogP contribution in [0.3, 0.4) is 0 Å².